The highest BCUT2D eigenvalue weighted by Gasteiger charge is 2.10. The van der Waals surface area contributed by atoms with Crippen molar-refractivity contribution in [3.05, 3.63) is 53.5 Å². The van der Waals surface area contributed by atoms with Gasteiger partial charge in [0, 0.05) is 10.5 Å². The van der Waals surface area contributed by atoms with Gasteiger partial charge in [-0.2, -0.15) is 0 Å². The fourth-order valence-electron chi connectivity index (χ4n) is 1.60. The van der Waals surface area contributed by atoms with Gasteiger partial charge in [0.15, 0.2) is 0 Å². The Labute approximate surface area is 120 Å². The third-order valence-electron chi connectivity index (χ3n) is 2.65. The zero-order valence-corrected chi connectivity index (χ0v) is 11.6. The van der Waals surface area contributed by atoms with Crippen LogP contribution in [0.25, 0.3) is 0 Å². The van der Waals surface area contributed by atoms with Crippen LogP contribution < -0.4 is 5.32 Å². The highest BCUT2D eigenvalue weighted by Crippen LogP contribution is 2.15. The Bertz CT molecular complexity index is 618. The second-order valence-electron chi connectivity index (χ2n) is 3.98. The normalized spacial score (nSPS) is 10.2. The van der Waals surface area contributed by atoms with Gasteiger partial charge in [0.2, 0.25) is 5.76 Å². The zero-order chi connectivity index (χ0) is 14.5. The number of hydrogen-bond acceptors (Lipinski definition) is 4. The molecule has 2 rings (SSSR count). The maximum atomic E-state index is 11.9. The van der Waals surface area contributed by atoms with E-state index in [1.807, 2.05) is 18.4 Å². The molecule has 0 aliphatic heterocycles. The third-order valence-corrected chi connectivity index (χ3v) is 3.39. The predicted molar refractivity (Wildman–Crippen MR) is 75.1 cm³/mol. The van der Waals surface area contributed by atoms with Crippen molar-refractivity contribution >= 4 is 23.6 Å². The van der Waals surface area contributed by atoms with Gasteiger partial charge in [-0.05, 0) is 42.7 Å². The molecule has 0 atom stereocenters. The molecule has 0 fully saturated rings. The maximum absolute atomic E-state index is 11.9. The van der Waals surface area contributed by atoms with Crippen LogP contribution in [0.2, 0.25) is 0 Å². The van der Waals surface area contributed by atoms with E-state index in [4.69, 9.17) is 9.52 Å². The standard InChI is InChI=1S/C14H13NO4S/c1-20-11-5-2-9(3-6-11)13(16)15-8-10-4-7-12(19-10)14(17)18/h2-7H,8H2,1H3,(H,15,16)(H,17,18). The number of carbonyl (C=O) groups excluding carboxylic acids is 1. The van der Waals surface area contributed by atoms with E-state index in [0.717, 1.165) is 4.90 Å². The fraction of sp³-hybridized carbons (Fsp3) is 0.143. The summed E-state index contributed by atoms with van der Waals surface area (Å²) in [5.41, 5.74) is 0.549. The number of hydrogen-bond donors (Lipinski definition) is 2. The number of rotatable bonds is 5. The summed E-state index contributed by atoms with van der Waals surface area (Å²) >= 11 is 1.60. The van der Waals surface area contributed by atoms with Crippen LogP contribution in [0.3, 0.4) is 0 Å². The molecule has 0 aliphatic rings. The highest BCUT2D eigenvalue weighted by atomic mass is 32.2. The molecule has 5 nitrogen and oxygen atoms in total. The van der Waals surface area contributed by atoms with Crippen molar-refractivity contribution in [1.82, 2.24) is 5.32 Å². The van der Waals surface area contributed by atoms with Crippen molar-refractivity contribution in [3.63, 3.8) is 0 Å². The van der Waals surface area contributed by atoms with Crippen LogP contribution in [-0.4, -0.2) is 23.2 Å². The molecular formula is C14H13NO4S. The lowest BCUT2D eigenvalue weighted by Crippen LogP contribution is -2.22. The number of carbonyl (C=O) groups is 2. The maximum Gasteiger partial charge on any atom is 0.371 e. The van der Waals surface area contributed by atoms with Gasteiger partial charge in [-0.3, -0.25) is 4.79 Å². The molecule has 2 N–H and O–H groups in total. The van der Waals surface area contributed by atoms with Crippen LogP contribution in [0.1, 0.15) is 26.7 Å². The molecule has 0 saturated carbocycles. The van der Waals surface area contributed by atoms with E-state index in [1.165, 1.54) is 12.1 Å². The van der Waals surface area contributed by atoms with Crippen molar-refractivity contribution in [2.75, 3.05) is 6.26 Å². The van der Waals surface area contributed by atoms with Crippen molar-refractivity contribution < 1.29 is 19.1 Å². The summed E-state index contributed by atoms with van der Waals surface area (Å²) in [6.07, 6.45) is 1.96. The molecule has 0 spiro atoms. The summed E-state index contributed by atoms with van der Waals surface area (Å²) in [7, 11) is 0. The predicted octanol–water partition coefficient (Wildman–Crippen LogP) is 2.63. The molecule has 1 amide bonds. The fourth-order valence-corrected chi connectivity index (χ4v) is 2.01. The second-order valence-corrected chi connectivity index (χ2v) is 4.86. The monoisotopic (exact) mass is 291 g/mol. The number of thioether (sulfide) groups is 1. The van der Waals surface area contributed by atoms with Crippen molar-refractivity contribution in [2.45, 2.75) is 11.4 Å². The topological polar surface area (TPSA) is 79.5 Å². The number of carboxylic acids is 1. The SMILES string of the molecule is CSc1ccc(C(=O)NCc2ccc(C(=O)O)o2)cc1. The van der Waals surface area contributed by atoms with Crippen LogP contribution in [0, 0.1) is 0 Å². The van der Waals surface area contributed by atoms with Gasteiger partial charge in [-0.25, -0.2) is 4.79 Å². The minimum Gasteiger partial charge on any atom is -0.475 e. The van der Waals surface area contributed by atoms with E-state index < -0.39 is 5.97 Å². The number of furan rings is 1. The Morgan fingerprint density at radius 2 is 1.90 bits per heavy atom. The molecular weight excluding hydrogens is 278 g/mol. The Balaban J connectivity index is 1.95. The minimum atomic E-state index is -1.13. The van der Waals surface area contributed by atoms with E-state index in [0.29, 0.717) is 11.3 Å². The molecule has 104 valence electrons. The molecule has 6 heteroatoms. The highest BCUT2D eigenvalue weighted by molar-refractivity contribution is 7.98. The molecule has 0 saturated heterocycles. The summed E-state index contributed by atoms with van der Waals surface area (Å²) in [4.78, 5) is 23.6. The lowest BCUT2D eigenvalue weighted by molar-refractivity contribution is 0.0660. The molecule has 0 unspecified atom stereocenters. The molecule has 1 heterocycles. The first-order valence-electron chi connectivity index (χ1n) is 5.84. The van der Waals surface area contributed by atoms with Crippen LogP contribution in [0.4, 0.5) is 0 Å². The van der Waals surface area contributed by atoms with E-state index in [1.54, 1.807) is 23.9 Å². The number of aromatic carboxylic acids is 1. The van der Waals surface area contributed by atoms with E-state index >= 15 is 0 Å². The first kappa shape index (κ1) is 14.2. The summed E-state index contributed by atoms with van der Waals surface area (Å²) < 4.78 is 5.05. The van der Waals surface area contributed by atoms with Crippen molar-refractivity contribution in [1.29, 1.82) is 0 Å². The summed E-state index contributed by atoms with van der Waals surface area (Å²) in [6, 6.07) is 10.1. The molecule has 1 aromatic heterocycles. The number of benzene rings is 1. The van der Waals surface area contributed by atoms with E-state index in [-0.39, 0.29) is 18.2 Å². The van der Waals surface area contributed by atoms with Gasteiger partial charge in [0.1, 0.15) is 5.76 Å². The van der Waals surface area contributed by atoms with Crippen LogP contribution in [0.15, 0.2) is 45.7 Å². The van der Waals surface area contributed by atoms with E-state index in [9.17, 15) is 9.59 Å². The van der Waals surface area contributed by atoms with Gasteiger partial charge in [0.25, 0.3) is 5.91 Å². The van der Waals surface area contributed by atoms with Crippen molar-refractivity contribution in [3.8, 4) is 0 Å². The number of amides is 1. The van der Waals surface area contributed by atoms with Gasteiger partial charge in [-0.1, -0.05) is 0 Å². The lowest BCUT2D eigenvalue weighted by Gasteiger charge is -2.04. The Kier molecular flexibility index (Phi) is 4.47. The average Bonchev–Trinajstić information content (AvgIpc) is 2.94. The first-order chi connectivity index (χ1) is 9.60. The van der Waals surface area contributed by atoms with Gasteiger partial charge < -0.3 is 14.8 Å². The van der Waals surface area contributed by atoms with Crippen LogP contribution in [-0.2, 0) is 6.54 Å². The minimum absolute atomic E-state index is 0.140. The van der Waals surface area contributed by atoms with Crippen molar-refractivity contribution in [2.24, 2.45) is 0 Å². The van der Waals surface area contributed by atoms with E-state index in [2.05, 4.69) is 5.32 Å². The van der Waals surface area contributed by atoms with Gasteiger partial charge >= 0.3 is 5.97 Å². The second kappa shape index (κ2) is 6.29. The Hall–Kier alpha value is -2.21. The van der Waals surface area contributed by atoms with Crippen LogP contribution in [0.5, 0.6) is 0 Å². The quantitative estimate of drug-likeness (QED) is 0.828. The molecule has 20 heavy (non-hydrogen) atoms. The summed E-state index contributed by atoms with van der Waals surface area (Å²) in [5.74, 6) is -1.10. The van der Waals surface area contributed by atoms with Crippen LogP contribution >= 0.6 is 11.8 Å². The summed E-state index contributed by atoms with van der Waals surface area (Å²) in [5, 5.41) is 11.4. The largest absolute Gasteiger partial charge is 0.475 e. The van der Waals surface area contributed by atoms with Gasteiger partial charge in [0.05, 0.1) is 6.54 Å². The summed E-state index contributed by atoms with van der Waals surface area (Å²) in [6.45, 7) is 0.149. The Morgan fingerprint density at radius 1 is 1.20 bits per heavy atom. The van der Waals surface area contributed by atoms with Gasteiger partial charge in [-0.15, -0.1) is 11.8 Å². The number of nitrogens with one attached hydrogen (secondary N) is 1. The molecule has 2 aromatic rings. The molecule has 0 radical (unpaired) electrons. The Morgan fingerprint density at radius 3 is 2.45 bits per heavy atom. The average molecular weight is 291 g/mol. The zero-order valence-electron chi connectivity index (χ0n) is 10.8. The molecule has 0 aliphatic carbocycles. The number of carboxylic acid groups (broad SMARTS) is 1. The molecule has 0 bridgehead atoms. The molecule has 1 aromatic carbocycles. The lowest BCUT2D eigenvalue weighted by atomic mass is 10.2. The first-order valence-corrected chi connectivity index (χ1v) is 7.07. The third kappa shape index (κ3) is 3.42. The smallest absolute Gasteiger partial charge is 0.371 e.